The highest BCUT2D eigenvalue weighted by molar-refractivity contribution is 8.69. The Kier molecular flexibility index (Phi) is 9.54. The van der Waals surface area contributed by atoms with Gasteiger partial charge in [0.2, 0.25) is 0 Å². The molecule has 0 atom stereocenters. The first-order valence-electron chi connectivity index (χ1n) is 7.50. The molecule has 0 saturated carbocycles. The van der Waals surface area contributed by atoms with Gasteiger partial charge in [-0.15, -0.1) is 0 Å². The summed E-state index contributed by atoms with van der Waals surface area (Å²) < 4.78 is 35.2. The Morgan fingerprint density at radius 2 is 1.86 bits per heavy atom. The van der Waals surface area contributed by atoms with Gasteiger partial charge in [0.15, 0.2) is 0 Å². The maximum Gasteiger partial charge on any atom is 0.319 e. The summed E-state index contributed by atoms with van der Waals surface area (Å²) in [5.41, 5.74) is 1.16. The van der Waals surface area contributed by atoms with Crippen molar-refractivity contribution in [1.82, 2.24) is 5.32 Å². The maximum absolute atomic E-state index is 10.5. The first-order chi connectivity index (χ1) is 10.5. The summed E-state index contributed by atoms with van der Waals surface area (Å²) in [6.07, 6.45) is 4.33. The molecule has 0 aliphatic heterocycles. The summed E-state index contributed by atoms with van der Waals surface area (Å²) in [4.78, 5) is 0. The van der Waals surface area contributed by atoms with Crippen LogP contribution in [0.1, 0.15) is 31.2 Å². The van der Waals surface area contributed by atoms with Gasteiger partial charge in [-0.3, -0.25) is 4.55 Å². The maximum atomic E-state index is 10.5. The van der Waals surface area contributed by atoms with Crippen molar-refractivity contribution >= 4 is 19.9 Å². The van der Waals surface area contributed by atoms with Crippen LogP contribution in [0, 0.1) is 6.92 Å². The van der Waals surface area contributed by atoms with Crippen LogP contribution in [0.2, 0.25) is 0 Å². The van der Waals surface area contributed by atoms with Crippen LogP contribution in [0.4, 0.5) is 0 Å². The summed E-state index contributed by atoms with van der Waals surface area (Å²) in [6.45, 7) is 4.23. The third-order valence-electron chi connectivity index (χ3n) is 3.11. The predicted octanol–water partition coefficient (Wildman–Crippen LogP) is 3.06. The first-order valence-corrected chi connectivity index (χ1v) is 10.4. The lowest BCUT2D eigenvalue weighted by atomic mass is 10.2. The van der Waals surface area contributed by atoms with Gasteiger partial charge >= 0.3 is 9.15 Å². The molecule has 0 heterocycles. The van der Waals surface area contributed by atoms with Gasteiger partial charge in [0.25, 0.3) is 0 Å². The van der Waals surface area contributed by atoms with E-state index < -0.39 is 9.15 Å². The van der Waals surface area contributed by atoms with Crippen LogP contribution in [0.25, 0.3) is 0 Å². The molecule has 1 rings (SSSR count). The van der Waals surface area contributed by atoms with Crippen LogP contribution in [0.15, 0.2) is 24.3 Å². The van der Waals surface area contributed by atoms with E-state index in [9.17, 15) is 8.42 Å². The Morgan fingerprint density at radius 1 is 1.14 bits per heavy atom. The van der Waals surface area contributed by atoms with Gasteiger partial charge in [-0.25, -0.2) is 0 Å². The second-order valence-electron chi connectivity index (χ2n) is 5.03. The Labute approximate surface area is 137 Å². The third-order valence-corrected chi connectivity index (χ3v) is 5.17. The molecule has 0 amide bonds. The minimum atomic E-state index is -3.90. The van der Waals surface area contributed by atoms with Crippen molar-refractivity contribution in [2.45, 2.75) is 32.6 Å². The molecule has 5 nitrogen and oxygen atoms in total. The molecule has 1 aromatic carbocycles. The van der Waals surface area contributed by atoms with Crippen LogP contribution < -0.4 is 10.1 Å². The zero-order valence-corrected chi connectivity index (χ0v) is 14.6. The summed E-state index contributed by atoms with van der Waals surface area (Å²) in [6, 6.07) is 8.02. The fourth-order valence-electron chi connectivity index (χ4n) is 1.95. The number of ether oxygens (including phenoxy) is 1. The summed E-state index contributed by atoms with van der Waals surface area (Å²) >= 11 is 0. The third kappa shape index (κ3) is 10.0. The molecule has 0 aliphatic carbocycles. The number of hydrogen-bond donors (Lipinski definition) is 2. The van der Waals surface area contributed by atoms with Crippen LogP contribution in [-0.2, 0) is 9.15 Å². The molecule has 0 spiro atoms. The van der Waals surface area contributed by atoms with Gasteiger partial charge in [0.1, 0.15) is 5.75 Å². The second kappa shape index (κ2) is 10.9. The predicted molar refractivity (Wildman–Crippen MR) is 92.0 cm³/mol. The zero-order chi connectivity index (χ0) is 16.3. The van der Waals surface area contributed by atoms with E-state index >= 15 is 0 Å². The van der Waals surface area contributed by atoms with Crippen molar-refractivity contribution < 1.29 is 17.7 Å². The van der Waals surface area contributed by atoms with Crippen LogP contribution in [0.5, 0.6) is 5.75 Å². The lowest BCUT2D eigenvalue weighted by Crippen LogP contribution is -2.19. The Balaban J connectivity index is 1.89. The molecule has 126 valence electrons. The molecule has 2 N–H and O–H groups in total. The number of hydrogen-bond acceptors (Lipinski definition) is 5. The smallest absolute Gasteiger partial charge is 0.319 e. The molecule has 0 unspecified atom stereocenters. The average Bonchev–Trinajstić information content (AvgIpc) is 2.45. The number of nitrogens with one attached hydrogen (secondary N) is 1. The van der Waals surface area contributed by atoms with E-state index in [1.807, 2.05) is 31.2 Å². The highest BCUT2D eigenvalue weighted by atomic mass is 33.1. The fraction of sp³-hybridized carbons (Fsp3) is 0.600. The Morgan fingerprint density at radius 3 is 2.59 bits per heavy atom. The highest BCUT2D eigenvalue weighted by Crippen LogP contribution is 2.16. The summed E-state index contributed by atoms with van der Waals surface area (Å²) in [7, 11) is -3.34. The van der Waals surface area contributed by atoms with E-state index in [-0.39, 0.29) is 0 Å². The lowest BCUT2D eigenvalue weighted by Gasteiger charge is -2.08. The van der Waals surface area contributed by atoms with Crippen molar-refractivity contribution in [2.75, 3.05) is 25.4 Å². The van der Waals surface area contributed by atoms with Crippen molar-refractivity contribution in [1.29, 1.82) is 0 Å². The number of rotatable bonds is 12. The molecule has 0 aliphatic rings. The summed E-state index contributed by atoms with van der Waals surface area (Å²) in [5.74, 6) is 1.32. The monoisotopic (exact) mass is 347 g/mol. The Hall–Kier alpha value is -0.760. The zero-order valence-electron chi connectivity index (χ0n) is 13.0. The van der Waals surface area contributed by atoms with E-state index in [1.165, 1.54) is 0 Å². The van der Waals surface area contributed by atoms with Gasteiger partial charge in [0, 0.05) is 12.3 Å². The van der Waals surface area contributed by atoms with Crippen LogP contribution in [0.3, 0.4) is 0 Å². The van der Waals surface area contributed by atoms with Crippen LogP contribution >= 0.6 is 10.8 Å². The normalized spacial score (nSPS) is 11.5. The quantitative estimate of drug-likeness (QED) is 0.344. The number of para-hydroxylation sites is 1. The van der Waals surface area contributed by atoms with Gasteiger partial charge in [0.05, 0.1) is 6.61 Å². The SMILES string of the molecule is Cc1ccccc1OCCCCCCNCCSS(=O)(=O)O. The van der Waals surface area contributed by atoms with E-state index in [2.05, 4.69) is 5.32 Å². The second-order valence-corrected chi connectivity index (χ2v) is 8.50. The van der Waals surface area contributed by atoms with E-state index in [4.69, 9.17) is 9.29 Å². The molecule has 22 heavy (non-hydrogen) atoms. The molecule has 0 fully saturated rings. The topological polar surface area (TPSA) is 75.6 Å². The van der Waals surface area contributed by atoms with Gasteiger partial charge in [-0.2, -0.15) is 8.42 Å². The van der Waals surface area contributed by atoms with E-state index in [0.29, 0.717) is 23.1 Å². The molecule has 0 saturated heterocycles. The molecule has 7 heteroatoms. The highest BCUT2D eigenvalue weighted by Gasteiger charge is 2.03. The van der Waals surface area contributed by atoms with Crippen molar-refractivity contribution in [2.24, 2.45) is 0 Å². The molecule has 0 radical (unpaired) electrons. The minimum absolute atomic E-state index is 0.364. The molecular formula is C15H25NO4S2. The summed E-state index contributed by atoms with van der Waals surface area (Å²) in [5, 5.41) is 3.15. The molecule has 0 bridgehead atoms. The van der Waals surface area contributed by atoms with Gasteiger partial charge in [-0.05, 0) is 48.7 Å². The van der Waals surface area contributed by atoms with Gasteiger partial charge in [-0.1, -0.05) is 31.0 Å². The van der Waals surface area contributed by atoms with E-state index in [1.54, 1.807) is 0 Å². The number of aryl methyl sites for hydroxylation is 1. The lowest BCUT2D eigenvalue weighted by molar-refractivity contribution is 0.302. The molecule has 0 aromatic heterocycles. The number of benzene rings is 1. The van der Waals surface area contributed by atoms with E-state index in [0.717, 1.165) is 50.1 Å². The minimum Gasteiger partial charge on any atom is -0.493 e. The molecular weight excluding hydrogens is 322 g/mol. The van der Waals surface area contributed by atoms with Crippen molar-refractivity contribution in [3.05, 3.63) is 29.8 Å². The largest absolute Gasteiger partial charge is 0.493 e. The standard InChI is InChI=1S/C15H25NO4S2/c1-14-8-4-5-9-15(14)20-12-7-3-2-6-10-16-11-13-21-22(17,18)19/h4-5,8-9,16H,2-3,6-7,10-13H2,1H3,(H,17,18,19). The average molecular weight is 348 g/mol. The molecule has 1 aromatic rings. The van der Waals surface area contributed by atoms with Crippen molar-refractivity contribution in [3.8, 4) is 5.75 Å². The van der Waals surface area contributed by atoms with Crippen molar-refractivity contribution in [3.63, 3.8) is 0 Å². The van der Waals surface area contributed by atoms with Gasteiger partial charge < -0.3 is 10.1 Å². The number of unbranched alkanes of at least 4 members (excludes halogenated alkanes) is 3. The fourth-order valence-corrected chi connectivity index (χ4v) is 3.27. The Bertz CT molecular complexity index is 520. The first kappa shape index (κ1) is 19.3. The van der Waals surface area contributed by atoms with Crippen LogP contribution in [-0.4, -0.2) is 38.4 Å².